The number of rotatable bonds is 5. The molecule has 1 aromatic heterocycles. The number of aromatic nitrogens is 1. The van der Waals surface area contributed by atoms with Crippen molar-refractivity contribution in [2.24, 2.45) is 0 Å². The topological polar surface area (TPSA) is 106 Å². The zero-order valence-electron chi connectivity index (χ0n) is 14.0. The summed E-state index contributed by atoms with van der Waals surface area (Å²) < 4.78 is 32.2. The lowest BCUT2D eigenvalue weighted by Gasteiger charge is -2.33. The fraction of sp³-hybridized carbons (Fsp3) is 0.294. The van der Waals surface area contributed by atoms with Crippen molar-refractivity contribution < 1.29 is 28.3 Å². The Kier molecular flexibility index (Phi) is 5.15. The molecule has 0 spiro atoms. The maximum absolute atomic E-state index is 13.7. The first-order chi connectivity index (χ1) is 12.8. The van der Waals surface area contributed by atoms with Gasteiger partial charge in [-0.15, -0.1) is 0 Å². The van der Waals surface area contributed by atoms with Gasteiger partial charge in [0, 0.05) is 38.1 Å². The molecule has 0 atom stereocenters. The summed E-state index contributed by atoms with van der Waals surface area (Å²) >= 11 is 0. The van der Waals surface area contributed by atoms with Gasteiger partial charge in [0.1, 0.15) is 23.8 Å². The Hall–Kier alpha value is -3.30. The first-order valence-electron chi connectivity index (χ1n) is 8.09. The number of halogens is 2. The lowest BCUT2D eigenvalue weighted by molar-refractivity contribution is -0.384. The molecule has 10 heteroatoms. The standard InChI is InChI=1S/C17H15F2N3O5/c18-10-1-2-16(12(19)7-10)27-11-3-5-21(6-4-11)14-8-13(17(23)24)20-9-15(14)22(25)26/h1-2,7-9,11H,3-6H2,(H,23,24). The predicted molar refractivity (Wildman–Crippen MR) is 90.1 cm³/mol. The molecule has 0 amide bonds. The van der Waals surface area contributed by atoms with Crippen molar-refractivity contribution >= 4 is 17.3 Å². The summed E-state index contributed by atoms with van der Waals surface area (Å²) in [5.41, 5.74) is -0.412. The summed E-state index contributed by atoms with van der Waals surface area (Å²) in [7, 11) is 0. The smallest absolute Gasteiger partial charge is 0.354 e. The van der Waals surface area contributed by atoms with E-state index < -0.39 is 22.5 Å². The Morgan fingerprint density at radius 1 is 1.30 bits per heavy atom. The number of hydrogen-bond acceptors (Lipinski definition) is 6. The molecule has 0 radical (unpaired) electrons. The highest BCUT2D eigenvalue weighted by atomic mass is 19.1. The Balaban J connectivity index is 1.72. The van der Waals surface area contributed by atoms with E-state index in [0.717, 1.165) is 18.3 Å². The summed E-state index contributed by atoms with van der Waals surface area (Å²) in [5.74, 6) is -2.84. The Morgan fingerprint density at radius 2 is 2.00 bits per heavy atom. The number of aromatic carboxylic acids is 1. The lowest BCUT2D eigenvalue weighted by Crippen LogP contribution is -2.38. The van der Waals surface area contributed by atoms with Gasteiger partial charge in [-0.05, 0) is 12.1 Å². The minimum atomic E-state index is -1.28. The maximum Gasteiger partial charge on any atom is 0.354 e. The van der Waals surface area contributed by atoms with E-state index in [1.807, 2.05) is 0 Å². The first kappa shape index (κ1) is 18.5. The molecule has 0 unspecified atom stereocenters. The van der Waals surface area contributed by atoms with Crippen molar-refractivity contribution in [3.63, 3.8) is 0 Å². The number of hydrogen-bond donors (Lipinski definition) is 1. The summed E-state index contributed by atoms with van der Waals surface area (Å²) in [6, 6.07) is 4.21. The van der Waals surface area contributed by atoms with E-state index in [4.69, 9.17) is 9.84 Å². The van der Waals surface area contributed by atoms with Crippen LogP contribution < -0.4 is 9.64 Å². The molecule has 0 bridgehead atoms. The molecule has 0 aliphatic carbocycles. The van der Waals surface area contributed by atoms with E-state index in [1.54, 1.807) is 4.90 Å². The number of ether oxygens (including phenoxy) is 1. The second-order valence-electron chi connectivity index (χ2n) is 6.00. The van der Waals surface area contributed by atoms with Gasteiger partial charge in [0.15, 0.2) is 17.3 Å². The molecule has 8 nitrogen and oxygen atoms in total. The van der Waals surface area contributed by atoms with Crippen LogP contribution in [-0.2, 0) is 0 Å². The SMILES string of the molecule is O=C(O)c1cc(N2CCC(Oc3ccc(F)cc3F)CC2)c([N+](=O)[O-])cn1. The maximum atomic E-state index is 13.7. The van der Waals surface area contributed by atoms with Crippen LogP contribution in [0.1, 0.15) is 23.3 Å². The van der Waals surface area contributed by atoms with Gasteiger partial charge in [-0.3, -0.25) is 10.1 Å². The number of anilines is 1. The van der Waals surface area contributed by atoms with Gasteiger partial charge in [0.25, 0.3) is 0 Å². The Labute approximate surface area is 152 Å². The number of nitrogens with zero attached hydrogens (tertiary/aromatic N) is 3. The van der Waals surface area contributed by atoms with Gasteiger partial charge in [-0.25, -0.2) is 18.6 Å². The number of carboxylic acids is 1. The van der Waals surface area contributed by atoms with Crippen LogP contribution in [0.5, 0.6) is 5.75 Å². The minimum absolute atomic E-state index is 0.0575. The van der Waals surface area contributed by atoms with E-state index in [-0.39, 0.29) is 28.9 Å². The molecular formula is C17H15F2N3O5. The Morgan fingerprint density at radius 3 is 2.59 bits per heavy atom. The van der Waals surface area contributed by atoms with Crippen LogP contribution in [0.2, 0.25) is 0 Å². The van der Waals surface area contributed by atoms with E-state index in [0.29, 0.717) is 25.9 Å². The molecule has 1 aliphatic heterocycles. The van der Waals surface area contributed by atoms with E-state index in [2.05, 4.69) is 4.98 Å². The van der Waals surface area contributed by atoms with Crippen molar-refractivity contribution in [2.75, 3.05) is 18.0 Å². The highest BCUT2D eigenvalue weighted by Crippen LogP contribution is 2.31. The number of pyridine rings is 1. The normalized spacial score (nSPS) is 14.8. The van der Waals surface area contributed by atoms with Crippen molar-refractivity contribution in [1.29, 1.82) is 0 Å². The molecule has 1 fully saturated rings. The van der Waals surface area contributed by atoms with Crippen LogP contribution in [-0.4, -0.2) is 40.2 Å². The summed E-state index contributed by atoms with van der Waals surface area (Å²) in [4.78, 5) is 26.9. The monoisotopic (exact) mass is 379 g/mol. The van der Waals surface area contributed by atoms with Crippen molar-refractivity contribution in [1.82, 2.24) is 4.98 Å². The third-order valence-corrected chi connectivity index (χ3v) is 4.25. The third-order valence-electron chi connectivity index (χ3n) is 4.25. The summed E-state index contributed by atoms with van der Waals surface area (Å²) in [6.07, 6.45) is 1.44. The van der Waals surface area contributed by atoms with E-state index in [1.165, 1.54) is 12.1 Å². The molecule has 1 aromatic carbocycles. The summed E-state index contributed by atoms with van der Waals surface area (Å²) in [5, 5.41) is 20.3. The molecule has 1 aliphatic rings. The number of piperidine rings is 1. The van der Waals surface area contributed by atoms with Gasteiger partial charge < -0.3 is 14.7 Å². The first-order valence-corrected chi connectivity index (χ1v) is 8.09. The lowest BCUT2D eigenvalue weighted by atomic mass is 10.1. The van der Waals surface area contributed by atoms with Crippen LogP contribution in [0.25, 0.3) is 0 Å². The van der Waals surface area contributed by atoms with Gasteiger partial charge in [0.2, 0.25) is 0 Å². The molecular weight excluding hydrogens is 364 g/mol. The third kappa shape index (κ3) is 4.10. The van der Waals surface area contributed by atoms with Crippen LogP contribution in [0.4, 0.5) is 20.2 Å². The Bertz CT molecular complexity index is 885. The zero-order valence-corrected chi connectivity index (χ0v) is 14.0. The summed E-state index contributed by atoms with van der Waals surface area (Å²) in [6.45, 7) is 0.689. The zero-order chi connectivity index (χ0) is 19.6. The highest BCUT2D eigenvalue weighted by Gasteiger charge is 2.27. The van der Waals surface area contributed by atoms with Crippen LogP contribution >= 0.6 is 0 Å². The fourth-order valence-electron chi connectivity index (χ4n) is 2.91. The quantitative estimate of drug-likeness (QED) is 0.629. The number of carbonyl (C=O) groups is 1. The van der Waals surface area contributed by atoms with Gasteiger partial charge in [-0.1, -0.05) is 0 Å². The van der Waals surface area contributed by atoms with E-state index >= 15 is 0 Å². The van der Waals surface area contributed by atoms with Crippen LogP contribution in [0, 0.1) is 21.7 Å². The van der Waals surface area contributed by atoms with Crippen molar-refractivity contribution in [3.8, 4) is 5.75 Å². The molecule has 27 heavy (non-hydrogen) atoms. The van der Waals surface area contributed by atoms with Crippen molar-refractivity contribution in [3.05, 3.63) is 57.9 Å². The van der Waals surface area contributed by atoms with E-state index in [9.17, 15) is 23.7 Å². The second kappa shape index (κ2) is 7.52. The second-order valence-corrected chi connectivity index (χ2v) is 6.00. The average molecular weight is 379 g/mol. The fourth-order valence-corrected chi connectivity index (χ4v) is 2.91. The molecule has 1 saturated heterocycles. The minimum Gasteiger partial charge on any atom is -0.487 e. The molecule has 0 saturated carbocycles. The van der Waals surface area contributed by atoms with Crippen LogP contribution in [0.15, 0.2) is 30.5 Å². The molecule has 142 valence electrons. The number of carboxylic acid groups (broad SMARTS) is 1. The van der Waals surface area contributed by atoms with Crippen LogP contribution in [0.3, 0.4) is 0 Å². The number of benzene rings is 1. The predicted octanol–water partition coefficient (Wildman–Crippen LogP) is 3.01. The molecule has 3 rings (SSSR count). The number of nitro groups is 1. The highest BCUT2D eigenvalue weighted by molar-refractivity contribution is 5.87. The molecule has 2 heterocycles. The van der Waals surface area contributed by atoms with Gasteiger partial charge in [0.05, 0.1) is 4.92 Å². The molecule has 2 aromatic rings. The molecule has 1 N–H and O–H groups in total. The van der Waals surface area contributed by atoms with Crippen molar-refractivity contribution in [2.45, 2.75) is 18.9 Å². The average Bonchev–Trinajstić information content (AvgIpc) is 2.64. The van der Waals surface area contributed by atoms with Gasteiger partial charge in [-0.2, -0.15) is 0 Å². The van der Waals surface area contributed by atoms with Gasteiger partial charge >= 0.3 is 11.7 Å². The largest absolute Gasteiger partial charge is 0.487 e.